The summed E-state index contributed by atoms with van der Waals surface area (Å²) in [5.74, 6) is 0.671. The molecule has 4 rings (SSSR count). The Morgan fingerprint density at radius 3 is 2.50 bits per heavy atom. The van der Waals surface area contributed by atoms with Gasteiger partial charge in [0, 0.05) is 6.04 Å². The first-order valence-corrected chi connectivity index (χ1v) is 9.59. The van der Waals surface area contributed by atoms with E-state index < -0.39 is 11.9 Å². The van der Waals surface area contributed by atoms with Gasteiger partial charge in [-0.1, -0.05) is 12.8 Å². The molecule has 3 aliphatic carbocycles. The molecule has 3 aliphatic rings. The van der Waals surface area contributed by atoms with Crippen molar-refractivity contribution in [1.29, 1.82) is 0 Å². The monoisotopic (exact) mass is 358 g/mol. The molecule has 7 heteroatoms. The van der Waals surface area contributed by atoms with Gasteiger partial charge in [0.05, 0.1) is 12.3 Å². The van der Waals surface area contributed by atoms with Gasteiger partial charge in [-0.05, 0) is 56.1 Å². The van der Waals surface area contributed by atoms with E-state index in [0.717, 1.165) is 31.4 Å². The van der Waals surface area contributed by atoms with Crippen LogP contribution in [0.5, 0.6) is 5.88 Å². The molecule has 4 N–H and O–H groups in total. The van der Waals surface area contributed by atoms with Crippen molar-refractivity contribution in [1.82, 2.24) is 10.3 Å². The highest BCUT2D eigenvalue weighted by molar-refractivity contribution is 5.96. The highest BCUT2D eigenvalue weighted by Gasteiger charge is 2.30. The molecule has 1 atom stereocenters. The number of primary amides is 1. The van der Waals surface area contributed by atoms with Crippen LogP contribution in [0.25, 0.3) is 0 Å². The first-order chi connectivity index (χ1) is 12.6. The minimum absolute atomic E-state index is 0.249. The third-order valence-corrected chi connectivity index (χ3v) is 5.10. The van der Waals surface area contributed by atoms with Gasteiger partial charge in [0.1, 0.15) is 11.7 Å². The number of nitrogens with two attached hydrogens (primary N) is 1. The number of pyridine rings is 1. The minimum Gasteiger partial charge on any atom is -0.476 e. The smallest absolute Gasteiger partial charge is 0.270 e. The van der Waals surface area contributed by atoms with Gasteiger partial charge in [0.25, 0.3) is 5.91 Å². The highest BCUT2D eigenvalue weighted by atomic mass is 16.5. The average Bonchev–Trinajstić information content (AvgIpc) is 3.44. The zero-order chi connectivity index (χ0) is 18.1. The summed E-state index contributed by atoms with van der Waals surface area (Å²) >= 11 is 0. The van der Waals surface area contributed by atoms with E-state index in [4.69, 9.17) is 10.5 Å². The van der Waals surface area contributed by atoms with E-state index in [1.165, 1.54) is 12.8 Å². The number of anilines is 1. The van der Waals surface area contributed by atoms with Crippen molar-refractivity contribution in [2.24, 2.45) is 17.6 Å². The summed E-state index contributed by atoms with van der Waals surface area (Å²) in [4.78, 5) is 28.6. The molecule has 0 saturated heterocycles. The van der Waals surface area contributed by atoms with Crippen LogP contribution in [0, 0.1) is 11.8 Å². The Balaban J connectivity index is 1.45. The summed E-state index contributed by atoms with van der Waals surface area (Å²) in [5.41, 5.74) is 6.51. The van der Waals surface area contributed by atoms with Gasteiger partial charge in [-0.25, -0.2) is 4.98 Å². The zero-order valence-corrected chi connectivity index (χ0v) is 14.9. The van der Waals surface area contributed by atoms with Crippen LogP contribution in [0.1, 0.15) is 55.4 Å². The second-order valence-corrected chi connectivity index (χ2v) is 7.83. The van der Waals surface area contributed by atoms with Crippen molar-refractivity contribution < 1.29 is 14.3 Å². The molecule has 0 aliphatic heterocycles. The molecule has 1 heterocycles. The van der Waals surface area contributed by atoms with Crippen molar-refractivity contribution in [3.8, 4) is 5.88 Å². The molecular formula is C19H26N4O3. The maximum atomic E-state index is 12.6. The highest BCUT2D eigenvalue weighted by Crippen LogP contribution is 2.34. The Kier molecular flexibility index (Phi) is 4.70. The molecule has 140 valence electrons. The predicted molar refractivity (Wildman–Crippen MR) is 96.9 cm³/mol. The number of hydrogen-bond acceptors (Lipinski definition) is 5. The van der Waals surface area contributed by atoms with Crippen LogP contribution in [0.3, 0.4) is 0 Å². The Hall–Kier alpha value is -2.31. The summed E-state index contributed by atoms with van der Waals surface area (Å²) in [6.45, 7) is 0.628. The van der Waals surface area contributed by atoms with Crippen LogP contribution in [0.2, 0.25) is 0 Å². The Bertz CT molecular complexity index is 696. The molecule has 2 amide bonds. The normalized spacial score (nSPS) is 20.3. The van der Waals surface area contributed by atoms with Crippen LogP contribution >= 0.6 is 0 Å². The summed E-state index contributed by atoms with van der Waals surface area (Å²) in [6, 6.07) is 3.33. The fourth-order valence-corrected chi connectivity index (χ4v) is 2.88. The van der Waals surface area contributed by atoms with E-state index in [9.17, 15) is 9.59 Å². The Morgan fingerprint density at radius 2 is 1.88 bits per heavy atom. The van der Waals surface area contributed by atoms with Crippen LogP contribution in [0.4, 0.5) is 5.69 Å². The number of hydrogen-bond donors (Lipinski definition) is 3. The molecule has 3 fully saturated rings. The number of amides is 2. The number of ether oxygens (including phenoxy) is 1. The van der Waals surface area contributed by atoms with E-state index in [0.29, 0.717) is 36.8 Å². The molecule has 0 spiro atoms. The quantitative estimate of drug-likeness (QED) is 0.592. The van der Waals surface area contributed by atoms with E-state index >= 15 is 0 Å². The maximum Gasteiger partial charge on any atom is 0.270 e. The first-order valence-electron chi connectivity index (χ1n) is 9.59. The largest absolute Gasteiger partial charge is 0.476 e. The average molecular weight is 358 g/mol. The van der Waals surface area contributed by atoms with Gasteiger partial charge in [-0.3, -0.25) is 9.59 Å². The number of carbonyl (C=O) groups excluding carboxylic acids is 2. The molecular weight excluding hydrogens is 332 g/mol. The second kappa shape index (κ2) is 7.13. The lowest BCUT2D eigenvalue weighted by atomic mass is 10.1. The molecule has 0 bridgehead atoms. The van der Waals surface area contributed by atoms with E-state index in [1.807, 2.05) is 6.07 Å². The van der Waals surface area contributed by atoms with Crippen molar-refractivity contribution in [3.63, 3.8) is 0 Å². The summed E-state index contributed by atoms with van der Waals surface area (Å²) in [7, 11) is 0. The molecule has 1 unspecified atom stereocenters. The van der Waals surface area contributed by atoms with Gasteiger partial charge in [0.2, 0.25) is 11.8 Å². The third-order valence-electron chi connectivity index (χ3n) is 5.10. The van der Waals surface area contributed by atoms with E-state index in [1.54, 1.807) is 6.07 Å². The van der Waals surface area contributed by atoms with Crippen molar-refractivity contribution in [2.75, 3.05) is 11.9 Å². The number of nitrogens with one attached hydrogen (secondary N) is 2. The minimum atomic E-state index is -0.642. The maximum absolute atomic E-state index is 12.6. The fraction of sp³-hybridized carbons (Fsp3) is 0.632. The molecule has 3 saturated carbocycles. The van der Waals surface area contributed by atoms with Gasteiger partial charge in [0.15, 0.2) is 0 Å². The van der Waals surface area contributed by atoms with Crippen LogP contribution in [0.15, 0.2) is 12.1 Å². The van der Waals surface area contributed by atoms with Gasteiger partial charge >= 0.3 is 0 Å². The first kappa shape index (κ1) is 17.1. The fourth-order valence-electron chi connectivity index (χ4n) is 2.88. The molecule has 0 aromatic carbocycles. The molecule has 1 aromatic rings. The van der Waals surface area contributed by atoms with E-state index in [2.05, 4.69) is 15.6 Å². The lowest BCUT2D eigenvalue weighted by Gasteiger charge is -2.16. The summed E-state index contributed by atoms with van der Waals surface area (Å²) in [5, 5.41) is 6.12. The van der Waals surface area contributed by atoms with Crippen molar-refractivity contribution >= 4 is 17.5 Å². The van der Waals surface area contributed by atoms with Crippen molar-refractivity contribution in [2.45, 2.75) is 57.0 Å². The Labute approximate surface area is 153 Å². The van der Waals surface area contributed by atoms with Crippen LogP contribution < -0.4 is 21.1 Å². The lowest BCUT2D eigenvalue weighted by molar-refractivity contribution is -0.120. The number of carbonyl (C=O) groups is 2. The summed E-state index contributed by atoms with van der Waals surface area (Å²) in [6.07, 6.45) is 7.46. The molecule has 0 radical (unpaired) electrons. The zero-order valence-electron chi connectivity index (χ0n) is 14.9. The van der Waals surface area contributed by atoms with Gasteiger partial charge in [-0.2, -0.15) is 0 Å². The molecule has 7 nitrogen and oxygen atoms in total. The standard InChI is InChI=1S/C19H26N4O3/c20-17(24)16(9-11-1-2-11)22-18(25)14-7-8-15(21-13-5-6-13)19(23-14)26-10-12-3-4-12/h7-8,11-13,16,21H,1-6,9-10H2,(H2,20,24)(H,22,25). The van der Waals surface area contributed by atoms with Gasteiger partial charge < -0.3 is 21.1 Å². The number of aromatic nitrogens is 1. The lowest BCUT2D eigenvalue weighted by Crippen LogP contribution is -2.45. The Morgan fingerprint density at radius 1 is 1.15 bits per heavy atom. The number of rotatable bonds is 10. The molecule has 1 aromatic heterocycles. The number of nitrogens with zero attached hydrogens (tertiary/aromatic N) is 1. The second-order valence-electron chi connectivity index (χ2n) is 7.83. The van der Waals surface area contributed by atoms with Crippen LogP contribution in [-0.4, -0.2) is 35.5 Å². The molecule has 26 heavy (non-hydrogen) atoms. The van der Waals surface area contributed by atoms with Gasteiger partial charge in [-0.15, -0.1) is 0 Å². The summed E-state index contributed by atoms with van der Waals surface area (Å²) < 4.78 is 5.86. The topological polar surface area (TPSA) is 106 Å². The SMILES string of the molecule is NC(=O)C(CC1CC1)NC(=O)c1ccc(NC2CC2)c(OCC2CC2)n1. The predicted octanol–water partition coefficient (Wildman–Crippen LogP) is 1.83. The third kappa shape index (κ3) is 4.65. The van der Waals surface area contributed by atoms with E-state index in [-0.39, 0.29) is 11.6 Å². The van der Waals surface area contributed by atoms with Crippen LogP contribution in [-0.2, 0) is 4.79 Å². The van der Waals surface area contributed by atoms with Crippen molar-refractivity contribution in [3.05, 3.63) is 17.8 Å².